The highest BCUT2D eigenvalue weighted by Gasteiger charge is 2.45. The third kappa shape index (κ3) is 2.77. The van der Waals surface area contributed by atoms with Crippen LogP contribution in [0.1, 0.15) is 40.5 Å². The van der Waals surface area contributed by atoms with Gasteiger partial charge < -0.3 is 10.6 Å². The number of carbonyl (C=O) groups is 4. The normalized spacial score (nSPS) is 23.1. The summed E-state index contributed by atoms with van der Waals surface area (Å²) < 4.78 is 0. The van der Waals surface area contributed by atoms with Crippen LogP contribution in [0, 0.1) is 0 Å². The van der Waals surface area contributed by atoms with Crippen LogP contribution in [-0.4, -0.2) is 57.8 Å². The predicted molar refractivity (Wildman–Crippen MR) is 77.9 cm³/mol. The molecule has 2 aliphatic heterocycles. The van der Waals surface area contributed by atoms with Gasteiger partial charge in [-0.1, -0.05) is 0 Å². The SMILES string of the molecule is CC1(C)NC(=O)N(CCCCN2C(=O)NC(C)(C)C2=O)C1=O. The molecule has 122 valence electrons. The minimum atomic E-state index is -0.869. The average molecular weight is 310 g/mol. The lowest BCUT2D eigenvalue weighted by atomic mass is 10.1. The molecule has 0 atom stereocenters. The average Bonchev–Trinajstić information content (AvgIpc) is 2.69. The zero-order chi connectivity index (χ0) is 16.7. The van der Waals surface area contributed by atoms with Crippen LogP contribution in [0.5, 0.6) is 0 Å². The van der Waals surface area contributed by atoms with E-state index in [0.717, 1.165) is 0 Å². The predicted octanol–water partition coefficient (Wildman–Crippen LogP) is 0.427. The van der Waals surface area contributed by atoms with E-state index in [0.29, 0.717) is 12.8 Å². The maximum atomic E-state index is 12.0. The van der Waals surface area contributed by atoms with Gasteiger partial charge in [-0.3, -0.25) is 19.4 Å². The Morgan fingerprint density at radius 2 is 1.05 bits per heavy atom. The van der Waals surface area contributed by atoms with Gasteiger partial charge in [-0.15, -0.1) is 0 Å². The number of unbranched alkanes of at least 4 members (excludes halogenated alkanes) is 1. The third-order valence-electron chi connectivity index (χ3n) is 3.90. The second-order valence-corrected chi connectivity index (χ2v) is 6.73. The Labute approximate surface area is 129 Å². The second kappa shape index (κ2) is 5.26. The van der Waals surface area contributed by atoms with Gasteiger partial charge in [0, 0.05) is 13.1 Å². The highest BCUT2D eigenvalue weighted by molar-refractivity contribution is 6.07. The van der Waals surface area contributed by atoms with Crippen LogP contribution in [0.2, 0.25) is 0 Å². The van der Waals surface area contributed by atoms with Crippen molar-refractivity contribution in [1.82, 2.24) is 20.4 Å². The number of amides is 6. The van der Waals surface area contributed by atoms with Crippen LogP contribution in [0.25, 0.3) is 0 Å². The van der Waals surface area contributed by atoms with Crippen molar-refractivity contribution in [3.8, 4) is 0 Å². The molecule has 0 aliphatic carbocycles. The number of imide groups is 2. The Morgan fingerprint density at radius 3 is 1.27 bits per heavy atom. The summed E-state index contributed by atoms with van der Waals surface area (Å²) >= 11 is 0. The largest absolute Gasteiger partial charge is 0.325 e. The summed E-state index contributed by atoms with van der Waals surface area (Å²) in [5.74, 6) is -0.512. The van der Waals surface area contributed by atoms with Crippen LogP contribution in [-0.2, 0) is 9.59 Å². The van der Waals surface area contributed by atoms with Gasteiger partial charge >= 0.3 is 12.1 Å². The van der Waals surface area contributed by atoms with E-state index in [1.54, 1.807) is 27.7 Å². The first-order valence-electron chi connectivity index (χ1n) is 7.34. The molecular weight excluding hydrogens is 288 g/mol. The molecule has 0 radical (unpaired) electrons. The Kier molecular flexibility index (Phi) is 3.88. The molecule has 0 saturated carbocycles. The molecule has 0 bridgehead atoms. The van der Waals surface area contributed by atoms with E-state index < -0.39 is 23.1 Å². The summed E-state index contributed by atoms with van der Waals surface area (Å²) in [6.45, 7) is 7.18. The summed E-state index contributed by atoms with van der Waals surface area (Å²) in [6, 6.07) is -0.794. The number of rotatable bonds is 5. The Bertz CT molecular complexity index is 493. The topological polar surface area (TPSA) is 98.8 Å². The maximum absolute atomic E-state index is 12.0. The number of urea groups is 2. The molecule has 6 amide bonds. The highest BCUT2D eigenvalue weighted by Crippen LogP contribution is 2.19. The van der Waals surface area contributed by atoms with Crippen molar-refractivity contribution >= 4 is 23.9 Å². The van der Waals surface area contributed by atoms with Crippen molar-refractivity contribution in [1.29, 1.82) is 0 Å². The molecule has 2 saturated heterocycles. The van der Waals surface area contributed by atoms with E-state index in [9.17, 15) is 19.2 Å². The molecule has 2 N–H and O–H groups in total. The summed E-state index contributed by atoms with van der Waals surface area (Å²) in [5, 5.41) is 5.22. The molecule has 2 aliphatic rings. The van der Waals surface area contributed by atoms with Gasteiger partial charge in [-0.2, -0.15) is 0 Å². The van der Waals surface area contributed by atoms with Gasteiger partial charge in [0.1, 0.15) is 11.1 Å². The van der Waals surface area contributed by atoms with Gasteiger partial charge in [0.05, 0.1) is 0 Å². The standard InChI is InChI=1S/C14H22N4O4/c1-13(2)9(19)17(11(21)15-13)7-5-6-8-18-10(20)14(3,4)16-12(18)22/h5-8H2,1-4H3,(H,15,21)(H,16,22). The molecule has 22 heavy (non-hydrogen) atoms. The summed E-state index contributed by atoms with van der Waals surface area (Å²) in [4.78, 5) is 49.7. The lowest BCUT2D eigenvalue weighted by Gasteiger charge is -2.17. The lowest BCUT2D eigenvalue weighted by Crippen LogP contribution is -2.40. The van der Waals surface area contributed by atoms with E-state index in [4.69, 9.17) is 0 Å². The van der Waals surface area contributed by atoms with Crippen molar-refractivity contribution in [2.24, 2.45) is 0 Å². The fraction of sp³-hybridized carbons (Fsp3) is 0.714. The zero-order valence-corrected chi connectivity index (χ0v) is 13.4. The summed E-state index contributed by atoms with van der Waals surface area (Å²) in [7, 11) is 0. The maximum Gasteiger partial charge on any atom is 0.325 e. The Hall–Kier alpha value is -2.12. The fourth-order valence-electron chi connectivity index (χ4n) is 2.58. The molecule has 2 heterocycles. The van der Waals surface area contributed by atoms with Crippen molar-refractivity contribution in [3.05, 3.63) is 0 Å². The first-order chi connectivity index (χ1) is 10.1. The number of nitrogens with zero attached hydrogens (tertiary/aromatic N) is 2. The number of nitrogens with one attached hydrogen (secondary N) is 2. The second-order valence-electron chi connectivity index (χ2n) is 6.73. The fourth-order valence-corrected chi connectivity index (χ4v) is 2.58. The van der Waals surface area contributed by atoms with E-state index in [1.807, 2.05) is 0 Å². The molecule has 0 aromatic rings. The van der Waals surface area contributed by atoms with Crippen LogP contribution in [0.3, 0.4) is 0 Å². The van der Waals surface area contributed by atoms with E-state index in [-0.39, 0.29) is 24.9 Å². The molecule has 0 spiro atoms. The number of hydrogen-bond donors (Lipinski definition) is 2. The minimum Gasteiger partial charge on any atom is -0.324 e. The van der Waals surface area contributed by atoms with Gasteiger partial charge in [-0.25, -0.2) is 9.59 Å². The van der Waals surface area contributed by atoms with Crippen molar-refractivity contribution in [2.45, 2.75) is 51.6 Å². The number of carbonyl (C=O) groups excluding carboxylic acids is 4. The van der Waals surface area contributed by atoms with Gasteiger partial charge in [0.25, 0.3) is 11.8 Å². The first-order valence-corrected chi connectivity index (χ1v) is 7.34. The monoisotopic (exact) mass is 310 g/mol. The van der Waals surface area contributed by atoms with Crippen molar-refractivity contribution < 1.29 is 19.2 Å². The first kappa shape index (κ1) is 16.3. The zero-order valence-electron chi connectivity index (χ0n) is 13.4. The van der Waals surface area contributed by atoms with Crippen LogP contribution in [0.15, 0.2) is 0 Å². The van der Waals surface area contributed by atoms with E-state index in [1.165, 1.54) is 9.80 Å². The molecule has 8 nitrogen and oxygen atoms in total. The van der Waals surface area contributed by atoms with Crippen molar-refractivity contribution in [2.75, 3.05) is 13.1 Å². The molecule has 2 fully saturated rings. The summed E-state index contributed by atoms with van der Waals surface area (Å²) in [6.07, 6.45) is 1.07. The van der Waals surface area contributed by atoms with E-state index in [2.05, 4.69) is 10.6 Å². The quantitative estimate of drug-likeness (QED) is 0.568. The smallest absolute Gasteiger partial charge is 0.324 e. The molecule has 0 aromatic carbocycles. The van der Waals surface area contributed by atoms with Crippen LogP contribution >= 0.6 is 0 Å². The van der Waals surface area contributed by atoms with Crippen molar-refractivity contribution in [3.63, 3.8) is 0 Å². The molecular formula is C14H22N4O4. The minimum absolute atomic E-state index is 0.256. The molecule has 2 rings (SSSR count). The molecule has 8 heteroatoms. The lowest BCUT2D eigenvalue weighted by molar-refractivity contribution is -0.131. The third-order valence-corrected chi connectivity index (χ3v) is 3.90. The van der Waals surface area contributed by atoms with Gasteiger partial charge in [-0.05, 0) is 40.5 Å². The van der Waals surface area contributed by atoms with Gasteiger partial charge in [0.2, 0.25) is 0 Å². The highest BCUT2D eigenvalue weighted by atomic mass is 16.2. The number of hydrogen-bond acceptors (Lipinski definition) is 4. The van der Waals surface area contributed by atoms with Crippen LogP contribution in [0.4, 0.5) is 9.59 Å². The molecule has 0 aromatic heterocycles. The van der Waals surface area contributed by atoms with Gasteiger partial charge in [0.15, 0.2) is 0 Å². The Balaban J connectivity index is 1.81. The Morgan fingerprint density at radius 1 is 0.727 bits per heavy atom. The van der Waals surface area contributed by atoms with Crippen LogP contribution < -0.4 is 10.6 Å². The summed E-state index contributed by atoms with van der Waals surface area (Å²) in [5.41, 5.74) is -1.74. The molecule has 0 unspecified atom stereocenters. The van der Waals surface area contributed by atoms with E-state index >= 15 is 0 Å².